The standard InChI is InChI=1S/C16H24N2/c1-2-12-9-10-18(11-12)15-8-7-13-5-3-4-6-14(13)16(15)17/h3-6,12,15-16H,2,7-11,17H2,1H3. The summed E-state index contributed by atoms with van der Waals surface area (Å²) in [6.45, 7) is 4.82. The molecule has 98 valence electrons. The molecule has 2 heteroatoms. The highest BCUT2D eigenvalue weighted by atomic mass is 15.2. The normalized spacial score (nSPS) is 32.4. The van der Waals surface area contributed by atoms with Crippen molar-refractivity contribution in [3.63, 3.8) is 0 Å². The number of aryl methyl sites for hydroxylation is 1. The lowest BCUT2D eigenvalue weighted by molar-refractivity contribution is 0.184. The van der Waals surface area contributed by atoms with Crippen molar-refractivity contribution in [2.24, 2.45) is 11.7 Å². The molecule has 2 nitrogen and oxygen atoms in total. The maximum absolute atomic E-state index is 6.52. The molecule has 1 aliphatic carbocycles. The molecule has 2 N–H and O–H groups in total. The quantitative estimate of drug-likeness (QED) is 0.866. The monoisotopic (exact) mass is 244 g/mol. The Bertz CT molecular complexity index is 415. The van der Waals surface area contributed by atoms with Gasteiger partial charge in [-0.05, 0) is 42.9 Å². The summed E-state index contributed by atoms with van der Waals surface area (Å²) in [5.41, 5.74) is 9.36. The van der Waals surface area contributed by atoms with E-state index in [0.29, 0.717) is 6.04 Å². The van der Waals surface area contributed by atoms with Crippen molar-refractivity contribution in [2.45, 2.75) is 44.7 Å². The summed E-state index contributed by atoms with van der Waals surface area (Å²) in [5, 5.41) is 0. The fraction of sp³-hybridized carbons (Fsp3) is 0.625. The van der Waals surface area contributed by atoms with E-state index in [2.05, 4.69) is 36.1 Å². The minimum atomic E-state index is 0.213. The van der Waals surface area contributed by atoms with E-state index in [1.165, 1.54) is 49.9 Å². The number of rotatable bonds is 2. The van der Waals surface area contributed by atoms with E-state index < -0.39 is 0 Å². The van der Waals surface area contributed by atoms with Crippen LogP contribution in [0.2, 0.25) is 0 Å². The van der Waals surface area contributed by atoms with Crippen LogP contribution >= 0.6 is 0 Å². The number of benzene rings is 1. The lowest BCUT2D eigenvalue weighted by Gasteiger charge is -2.37. The molecule has 3 unspecified atom stereocenters. The third-order valence-corrected chi connectivity index (χ3v) is 4.90. The zero-order valence-corrected chi connectivity index (χ0v) is 11.3. The molecule has 1 aromatic rings. The van der Waals surface area contributed by atoms with E-state index in [0.717, 1.165) is 5.92 Å². The second-order valence-corrected chi connectivity index (χ2v) is 5.89. The second-order valence-electron chi connectivity index (χ2n) is 5.89. The summed E-state index contributed by atoms with van der Waals surface area (Å²) in [5.74, 6) is 0.898. The molecule has 0 bridgehead atoms. The van der Waals surface area contributed by atoms with E-state index in [4.69, 9.17) is 5.73 Å². The molecule has 0 radical (unpaired) electrons. The third-order valence-electron chi connectivity index (χ3n) is 4.90. The third kappa shape index (κ3) is 2.08. The Morgan fingerprint density at radius 3 is 2.89 bits per heavy atom. The van der Waals surface area contributed by atoms with Crippen molar-refractivity contribution in [3.05, 3.63) is 35.4 Å². The first-order valence-electron chi connectivity index (χ1n) is 7.37. The number of hydrogen-bond donors (Lipinski definition) is 1. The van der Waals surface area contributed by atoms with Crippen LogP contribution in [0.3, 0.4) is 0 Å². The van der Waals surface area contributed by atoms with Crippen LogP contribution in [0.1, 0.15) is 43.4 Å². The fourth-order valence-corrected chi connectivity index (χ4v) is 3.68. The van der Waals surface area contributed by atoms with Gasteiger partial charge in [-0.25, -0.2) is 0 Å². The summed E-state index contributed by atoms with van der Waals surface area (Å²) >= 11 is 0. The predicted molar refractivity (Wildman–Crippen MR) is 75.5 cm³/mol. The van der Waals surface area contributed by atoms with Crippen molar-refractivity contribution in [1.29, 1.82) is 0 Å². The van der Waals surface area contributed by atoms with Gasteiger partial charge in [-0.3, -0.25) is 4.90 Å². The number of fused-ring (bicyclic) bond motifs is 1. The predicted octanol–water partition coefficient (Wildman–Crippen LogP) is 2.73. The van der Waals surface area contributed by atoms with Gasteiger partial charge < -0.3 is 5.73 Å². The molecule has 0 spiro atoms. The van der Waals surface area contributed by atoms with Gasteiger partial charge in [-0.2, -0.15) is 0 Å². The number of nitrogens with two attached hydrogens (primary N) is 1. The van der Waals surface area contributed by atoms with Gasteiger partial charge in [-0.1, -0.05) is 37.6 Å². The molecular weight excluding hydrogens is 220 g/mol. The Morgan fingerprint density at radius 2 is 2.11 bits per heavy atom. The van der Waals surface area contributed by atoms with Crippen LogP contribution in [0, 0.1) is 5.92 Å². The van der Waals surface area contributed by atoms with Crippen LogP contribution in [0.25, 0.3) is 0 Å². The zero-order valence-electron chi connectivity index (χ0n) is 11.3. The SMILES string of the molecule is CCC1CCN(C2CCc3ccccc3C2N)C1. The minimum absolute atomic E-state index is 0.213. The van der Waals surface area contributed by atoms with Gasteiger partial charge >= 0.3 is 0 Å². The molecule has 3 rings (SSSR count). The second kappa shape index (κ2) is 5.02. The summed E-state index contributed by atoms with van der Waals surface area (Å²) in [4.78, 5) is 2.65. The van der Waals surface area contributed by atoms with Crippen LogP contribution in [0.5, 0.6) is 0 Å². The van der Waals surface area contributed by atoms with E-state index in [1.807, 2.05) is 0 Å². The van der Waals surface area contributed by atoms with Crippen molar-refractivity contribution in [2.75, 3.05) is 13.1 Å². The van der Waals surface area contributed by atoms with Crippen molar-refractivity contribution in [3.8, 4) is 0 Å². The van der Waals surface area contributed by atoms with Gasteiger partial charge in [0.15, 0.2) is 0 Å². The van der Waals surface area contributed by atoms with Gasteiger partial charge in [0.2, 0.25) is 0 Å². The number of likely N-dealkylation sites (tertiary alicyclic amines) is 1. The Labute approximate surface area is 110 Å². The summed E-state index contributed by atoms with van der Waals surface area (Å²) in [6.07, 6.45) is 5.10. The first kappa shape index (κ1) is 12.2. The smallest absolute Gasteiger partial charge is 0.0455 e. The maximum atomic E-state index is 6.52. The van der Waals surface area contributed by atoms with Gasteiger partial charge in [0.25, 0.3) is 0 Å². The molecule has 0 saturated carbocycles. The van der Waals surface area contributed by atoms with E-state index in [9.17, 15) is 0 Å². The molecule has 1 saturated heterocycles. The van der Waals surface area contributed by atoms with E-state index in [-0.39, 0.29) is 6.04 Å². The van der Waals surface area contributed by atoms with E-state index >= 15 is 0 Å². The van der Waals surface area contributed by atoms with Crippen molar-refractivity contribution >= 4 is 0 Å². The van der Waals surface area contributed by atoms with Crippen LogP contribution < -0.4 is 5.73 Å². The average Bonchev–Trinajstić information content (AvgIpc) is 2.88. The zero-order chi connectivity index (χ0) is 12.5. The number of nitrogens with zero attached hydrogens (tertiary/aromatic N) is 1. The summed E-state index contributed by atoms with van der Waals surface area (Å²) in [6, 6.07) is 9.50. The van der Waals surface area contributed by atoms with Crippen molar-refractivity contribution in [1.82, 2.24) is 4.90 Å². The summed E-state index contributed by atoms with van der Waals surface area (Å²) < 4.78 is 0. The van der Waals surface area contributed by atoms with Crippen LogP contribution in [-0.4, -0.2) is 24.0 Å². The molecule has 0 amide bonds. The van der Waals surface area contributed by atoms with Gasteiger partial charge in [-0.15, -0.1) is 0 Å². The lowest BCUT2D eigenvalue weighted by atomic mass is 9.84. The van der Waals surface area contributed by atoms with Crippen LogP contribution in [0.15, 0.2) is 24.3 Å². The van der Waals surface area contributed by atoms with Gasteiger partial charge in [0.05, 0.1) is 0 Å². The molecule has 2 aliphatic rings. The first-order chi connectivity index (χ1) is 8.79. The Kier molecular flexibility index (Phi) is 3.40. The molecule has 1 heterocycles. The van der Waals surface area contributed by atoms with Crippen LogP contribution in [0.4, 0.5) is 0 Å². The largest absolute Gasteiger partial charge is 0.323 e. The first-order valence-corrected chi connectivity index (χ1v) is 7.37. The molecule has 1 fully saturated rings. The average molecular weight is 244 g/mol. The molecule has 1 aromatic carbocycles. The molecular formula is C16H24N2. The Hall–Kier alpha value is -0.860. The molecule has 0 aromatic heterocycles. The minimum Gasteiger partial charge on any atom is -0.323 e. The highest BCUT2D eigenvalue weighted by Gasteiger charge is 2.34. The Morgan fingerprint density at radius 1 is 1.28 bits per heavy atom. The Balaban J connectivity index is 1.77. The summed E-state index contributed by atoms with van der Waals surface area (Å²) in [7, 11) is 0. The van der Waals surface area contributed by atoms with Gasteiger partial charge in [0.1, 0.15) is 0 Å². The van der Waals surface area contributed by atoms with Crippen molar-refractivity contribution < 1.29 is 0 Å². The highest BCUT2D eigenvalue weighted by Crippen LogP contribution is 2.34. The lowest BCUT2D eigenvalue weighted by Crippen LogP contribution is -2.44. The fourth-order valence-electron chi connectivity index (χ4n) is 3.68. The molecule has 1 aliphatic heterocycles. The topological polar surface area (TPSA) is 29.3 Å². The number of hydrogen-bond acceptors (Lipinski definition) is 2. The maximum Gasteiger partial charge on any atom is 0.0455 e. The van der Waals surface area contributed by atoms with Crippen LogP contribution in [-0.2, 0) is 6.42 Å². The highest BCUT2D eigenvalue weighted by molar-refractivity contribution is 5.33. The molecule has 18 heavy (non-hydrogen) atoms. The van der Waals surface area contributed by atoms with E-state index in [1.54, 1.807) is 0 Å². The molecule has 3 atom stereocenters. The van der Waals surface area contributed by atoms with Gasteiger partial charge in [0, 0.05) is 18.6 Å².